The molecule has 1 aromatic heterocycles. The van der Waals surface area contributed by atoms with Crippen molar-refractivity contribution in [3.63, 3.8) is 0 Å². The highest BCUT2D eigenvalue weighted by Gasteiger charge is 2.21. The summed E-state index contributed by atoms with van der Waals surface area (Å²) in [5, 5.41) is 12.4. The Labute approximate surface area is 131 Å². The Hall–Kier alpha value is 0.700. The highest BCUT2D eigenvalue weighted by molar-refractivity contribution is 14.1. The third kappa shape index (κ3) is 4.37. The number of aliphatic hydroxyl groups excluding tert-OH is 1. The van der Waals surface area contributed by atoms with Gasteiger partial charge < -0.3 is 10.4 Å². The van der Waals surface area contributed by atoms with Crippen LogP contribution in [-0.4, -0.2) is 29.8 Å². The minimum atomic E-state index is 0.319. The van der Waals surface area contributed by atoms with Crippen molar-refractivity contribution in [3.05, 3.63) is 19.4 Å². The first-order valence-corrected chi connectivity index (χ1v) is 9.56. The van der Waals surface area contributed by atoms with Gasteiger partial charge in [-0.1, -0.05) is 0 Å². The lowest BCUT2D eigenvalue weighted by Crippen LogP contribution is -2.26. The van der Waals surface area contributed by atoms with E-state index in [1.807, 2.05) is 23.1 Å². The van der Waals surface area contributed by atoms with E-state index in [1.165, 1.54) is 22.1 Å². The van der Waals surface area contributed by atoms with Gasteiger partial charge in [0.05, 0.1) is 2.88 Å². The summed E-state index contributed by atoms with van der Waals surface area (Å²) in [6.45, 7) is 1.40. The molecule has 0 fully saturated rings. The van der Waals surface area contributed by atoms with Crippen LogP contribution in [0.2, 0.25) is 0 Å². The fraction of sp³-hybridized carbons (Fsp3) is 0.692. The molecule has 1 aromatic rings. The van der Waals surface area contributed by atoms with Crippen molar-refractivity contribution >= 4 is 45.7 Å². The van der Waals surface area contributed by atoms with Crippen molar-refractivity contribution in [1.29, 1.82) is 0 Å². The van der Waals surface area contributed by atoms with Crippen LogP contribution in [0.5, 0.6) is 0 Å². The molecule has 1 heterocycles. The van der Waals surface area contributed by atoms with E-state index in [1.54, 1.807) is 10.4 Å². The largest absolute Gasteiger partial charge is 0.396 e. The van der Waals surface area contributed by atoms with Gasteiger partial charge in [-0.25, -0.2) is 0 Å². The fourth-order valence-corrected chi connectivity index (χ4v) is 5.23. The van der Waals surface area contributed by atoms with Crippen molar-refractivity contribution < 1.29 is 5.11 Å². The molecule has 0 bridgehead atoms. The zero-order chi connectivity index (χ0) is 12.8. The molecule has 2 N–H and O–H groups in total. The Kier molecular flexibility index (Phi) is 6.79. The van der Waals surface area contributed by atoms with Gasteiger partial charge in [-0.2, -0.15) is 11.8 Å². The highest BCUT2D eigenvalue weighted by Crippen LogP contribution is 2.36. The molecule has 0 aliphatic heterocycles. The van der Waals surface area contributed by atoms with E-state index in [4.69, 9.17) is 5.11 Å². The molecule has 0 saturated carbocycles. The van der Waals surface area contributed by atoms with Crippen LogP contribution in [0.25, 0.3) is 0 Å². The normalized spacial score (nSPS) is 18.9. The molecule has 1 atom stereocenters. The second kappa shape index (κ2) is 8.09. The van der Waals surface area contributed by atoms with Crippen molar-refractivity contribution in [2.45, 2.75) is 31.7 Å². The van der Waals surface area contributed by atoms with Crippen LogP contribution in [-0.2, 0) is 6.42 Å². The number of fused-ring (bicyclic) bond motifs is 1. The molecule has 0 spiro atoms. The van der Waals surface area contributed by atoms with Gasteiger partial charge in [-0.15, -0.1) is 11.3 Å². The fourth-order valence-electron chi connectivity index (χ4n) is 2.31. The van der Waals surface area contributed by atoms with Gasteiger partial charge in [0.2, 0.25) is 0 Å². The van der Waals surface area contributed by atoms with Crippen molar-refractivity contribution in [2.24, 2.45) is 0 Å². The first-order chi connectivity index (χ1) is 8.81. The Bertz CT molecular complexity index is 370. The minimum Gasteiger partial charge on any atom is -0.396 e. The first-order valence-electron chi connectivity index (χ1n) is 6.51. The van der Waals surface area contributed by atoms with E-state index in [-0.39, 0.29) is 0 Å². The maximum absolute atomic E-state index is 8.71. The number of nitrogens with one attached hydrogen (secondary N) is 1. The summed E-state index contributed by atoms with van der Waals surface area (Å²) in [5.74, 6) is 2.22. The maximum Gasteiger partial charge on any atom is 0.0659 e. The lowest BCUT2D eigenvalue weighted by molar-refractivity contribution is 0.296. The van der Waals surface area contributed by atoms with Crippen LogP contribution < -0.4 is 5.32 Å². The number of halogens is 1. The molecule has 0 amide bonds. The van der Waals surface area contributed by atoms with E-state index in [0.29, 0.717) is 12.6 Å². The van der Waals surface area contributed by atoms with Gasteiger partial charge in [0.15, 0.2) is 0 Å². The summed E-state index contributed by atoms with van der Waals surface area (Å²) in [7, 11) is 0. The summed E-state index contributed by atoms with van der Waals surface area (Å²) >= 11 is 6.32. The number of aliphatic hydroxyl groups is 1. The van der Waals surface area contributed by atoms with Crippen LogP contribution in [0.1, 0.15) is 35.7 Å². The van der Waals surface area contributed by atoms with Gasteiger partial charge in [-0.05, 0) is 65.7 Å². The topological polar surface area (TPSA) is 32.3 Å². The Balaban J connectivity index is 1.74. The summed E-state index contributed by atoms with van der Waals surface area (Å²) in [6, 6.07) is 2.93. The van der Waals surface area contributed by atoms with Crippen LogP contribution in [0.15, 0.2) is 6.07 Å². The molecule has 5 heteroatoms. The quantitative estimate of drug-likeness (QED) is 0.546. The maximum atomic E-state index is 8.71. The molecule has 0 radical (unpaired) electrons. The Morgan fingerprint density at radius 2 is 2.39 bits per heavy atom. The number of rotatable bonds is 7. The summed E-state index contributed by atoms with van der Waals surface area (Å²) < 4.78 is 1.42. The van der Waals surface area contributed by atoms with Crippen LogP contribution in [0, 0.1) is 2.88 Å². The molecular weight excluding hydrogens is 377 g/mol. The lowest BCUT2D eigenvalue weighted by Gasteiger charge is -2.23. The zero-order valence-electron chi connectivity index (χ0n) is 10.5. The van der Waals surface area contributed by atoms with Gasteiger partial charge in [0.25, 0.3) is 0 Å². The molecule has 0 saturated heterocycles. The third-order valence-electron chi connectivity index (χ3n) is 3.17. The number of hydrogen-bond acceptors (Lipinski definition) is 4. The predicted molar refractivity (Wildman–Crippen MR) is 89.7 cm³/mol. The molecule has 0 aromatic carbocycles. The zero-order valence-corrected chi connectivity index (χ0v) is 14.2. The summed E-state index contributed by atoms with van der Waals surface area (Å²) in [5.41, 5.74) is 1.55. The van der Waals surface area contributed by atoms with Crippen LogP contribution in [0.4, 0.5) is 0 Å². The molecule has 1 aliphatic carbocycles. The van der Waals surface area contributed by atoms with E-state index in [0.717, 1.165) is 24.5 Å². The first kappa shape index (κ1) is 15.1. The highest BCUT2D eigenvalue weighted by atomic mass is 127. The van der Waals surface area contributed by atoms with Gasteiger partial charge in [-0.3, -0.25) is 0 Å². The smallest absolute Gasteiger partial charge is 0.0659 e. The molecule has 2 rings (SSSR count). The van der Waals surface area contributed by atoms with Crippen molar-refractivity contribution in [2.75, 3.05) is 24.7 Å². The second-order valence-corrected chi connectivity index (χ2v) is 8.77. The Morgan fingerprint density at radius 3 is 3.22 bits per heavy atom. The van der Waals surface area contributed by atoms with Gasteiger partial charge >= 0.3 is 0 Å². The van der Waals surface area contributed by atoms with Crippen molar-refractivity contribution in [1.82, 2.24) is 5.32 Å². The second-order valence-electron chi connectivity index (χ2n) is 4.52. The molecule has 102 valence electrons. The average molecular weight is 397 g/mol. The molecule has 1 unspecified atom stereocenters. The van der Waals surface area contributed by atoms with E-state index in [2.05, 4.69) is 34.0 Å². The van der Waals surface area contributed by atoms with Gasteiger partial charge in [0.1, 0.15) is 0 Å². The number of thiophene rings is 1. The van der Waals surface area contributed by atoms with E-state index in [9.17, 15) is 0 Å². The minimum absolute atomic E-state index is 0.319. The van der Waals surface area contributed by atoms with Crippen LogP contribution in [0.3, 0.4) is 0 Å². The van der Waals surface area contributed by atoms with Crippen molar-refractivity contribution in [3.8, 4) is 0 Å². The van der Waals surface area contributed by atoms with Gasteiger partial charge in [0, 0.05) is 29.8 Å². The third-order valence-corrected chi connectivity index (χ3v) is 6.21. The summed E-state index contributed by atoms with van der Waals surface area (Å²) in [6.07, 6.45) is 4.79. The predicted octanol–water partition coefficient (Wildman–Crippen LogP) is 3.44. The SMILES string of the molecule is OCCCSCCNC1CCCc2sc(I)cc21. The standard InChI is InChI=1S/C13H20INOS2/c14-13-9-10-11(3-1-4-12(10)18-13)15-5-8-17-7-2-6-16/h9,11,15-16H,1-8H2. The lowest BCUT2D eigenvalue weighted by atomic mass is 9.94. The molecule has 2 nitrogen and oxygen atoms in total. The molecular formula is C13H20INOS2. The monoisotopic (exact) mass is 397 g/mol. The number of hydrogen-bond donors (Lipinski definition) is 2. The van der Waals surface area contributed by atoms with E-state index >= 15 is 0 Å². The van der Waals surface area contributed by atoms with E-state index < -0.39 is 0 Å². The summed E-state index contributed by atoms with van der Waals surface area (Å²) in [4.78, 5) is 1.59. The number of aryl methyl sites for hydroxylation is 1. The molecule has 1 aliphatic rings. The Morgan fingerprint density at radius 1 is 1.50 bits per heavy atom. The van der Waals surface area contributed by atoms with Crippen LogP contribution >= 0.6 is 45.7 Å². The number of thioether (sulfide) groups is 1. The molecule has 18 heavy (non-hydrogen) atoms. The average Bonchev–Trinajstić information content (AvgIpc) is 2.74.